The van der Waals surface area contributed by atoms with Crippen LogP contribution in [0.25, 0.3) is 0 Å². The number of ketones is 1. The van der Waals surface area contributed by atoms with Gasteiger partial charge in [0, 0.05) is 0 Å². The van der Waals surface area contributed by atoms with Crippen LogP contribution in [0, 0.1) is 0 Å². The molecule has 4 heteroatoms. The van der Waals surface area contributed by atoms with Crippen LogP contribution in [0.5, 0.6) is 0 Å². The Morgan fingerprint density at radius 3 is 2.38 bits per heavy atom. The van der Waals surface area contributed by atoms with E-state index in [2.05, 4.69) is 0 Å². The average molecular weight is 221 g/mol. The van der Waals surface area contributed by atoms with Gasteiger partial charge in [0.05, 0.1) is 5.03 Å². The molecule has 0 aromatic carbocycles. The fraction of sp³-hybridized carbons (Fsp3) is 0.667. The zero-order valence-electron chi connectivity index (χ0n) is 7.49. The van der Waals surface area contributed by atoms with Crippen molar-refractivity contribution in [3.8, 4) is 0 Å². The number of fused-ring (bicyclic) bond motifs is 2. The van der Waals surface area contributed by atoms with Gasteiger partial charge in [0.25, 0.3) is 0 Å². The van der Waals surface area contributed by atoms with Gasteiger partial charge in [-0.1, -0.05) is 23.2 Å². The van der Waals surface area contributed by atoms with Crippen LogP contribution in [-0.2, 0) is 9.53 Å². The van der Waals surface area contributed by atoms with Crippen LogP contribution in [0.15, 0.2) is 10.1 Å². The lowest BCUT2D eigenvalue weighted by Crippen LogP contribution is -2.43. The number of Topliss-reactive ketones (excluding diaryl/α,β-unsaturated/α-hetero) is 1. The van der Waals surface area contributed by atoms with Gasteiger partial charge in [0.2, 0.25) is 5.78 Å². The maximum absolute atomic E-state index is 11.7. The number of carbonyl (C=O) groups is 1. The van der Waals surface area contributed by atoms with Crippen molar-refractivity contribution in [3.63, 3.8) is 0 Å². The van der Waals surface area contributed by atoms with Crippen molar-refractivity contribution in [2.24, 2.45) is 0 Å². The molecule has 2 rings (SSSR count). The second-order valence-electron chi connectivity index (χ2n) is 4.02. The molecule has 0 radical (unpaired) electrons. The van der Waals surface area contributed by atoms with Crippen molar-refractivity contribution in [1.29, 1.82) is 0 Å². The first-order valence-corrected chi connectivity index (χ1v) is 4.95. The Kier molecular flexibility index (Phi) is 1.83. The zero-order valence-corrected chi connectivity index (χ0v) is 9.00. The Morgan fingerprint density at radius 2 is 1.77 bits per heavy atom. The van der Waals surface area contributed by atoms with Gasteiger partial charge in [-0.2, -0.15) is 0 Å². The van der Waals surface area contributed by atoms with Gasteiger partial charge in [-0.05, 0) is 26.7 Å². The summed E-state index contributed by atoms with van der Waals surface area (Å²) in [6, 6.07) is 0. The number of ether oxygens (including phenoxy) is 1. The monoisotopic (exact) mass is 220 g/mol. The molecule has 2 aliphatic heterocycles. The van der Waals surface area contributed by atoms with Gasteiger partial charge < -0.3 is 4.74 Å². The lowest BCUT2D eigenvalue weighted by atomic mass is 9.98. The van der Waals surface area contributed by atoms with E-state index in [1.165, 1.54) is 0 Å². The summed E-state index contributed by atoms with van der Waals surface area (Å²) in [6.45, 7) is 3.64. The molecule has 1 saturated heterocycles. The number of carbonyl (C=O) groups excluding carboxylic acids is 1. The Hall–Kier alpha value is -0.0500. The number of hydrogen-bond acceptors (Lipinski definition) is 2. The van der Waals surface area contributed by atoms with E-state index in [1.54, 1.807) is 6.92 Å². The number of hydrogen-bond donors (Lipinski definition) is 0. The molecule has 0 N–H and O–H groups in total. The largest absolute Gasteiger partial charge is 0.355 e. The summed E-state index contributed by atoms with van der Waals surface area (Å²) in [5, 5.41) is 0.504. The molecule has 72 valence electrons. The minimum Gasteiger partial charge on any atom is -0.355 e. The topological polar surface area (TPSA) is 26.3 Å². The maximum atomic E-state index is 11.7. The van der Waals surface area contributed by atoms with E-state index in [0.29, 0.717) is 11.5 Å². The summed E-state index contributed by atoms with van der Waals surface area (Å²) in [6.07, 6.45) is 1.44. The average Bonchev–Trinajstić information content (AvgIpc) is 2.38. The van der Waals surface area contributed by atoms with Crippen molar-refractivity contribution >= 4 is 29.0 Å². The van der Waals surface area contributed by atoms with Crippen LogP contribution in [0.1, 0.15) is 26.7 Å². The molecule has 2 aliphatic rings. The highest BCUT2D eigenvalue weighted by atomic mass is 35.5. The third-order valence-electron chi connectivity index (χ3n) is 2.87. The molecule has 0 amide bonds. The minimum absolute atomic E-state index is 0.149. The predicted octanol–water partition coefficient (Wildman–Crippen LogP) is 2.59. The van der Waals surface area contributed by atoms with Crippen LogP contribution >= 0.6 is 23.2 Å². The van der Waals surface area contributed by atoms with E-state index in [9.17, 15) is 4.79 Å². The first kappa shape index (κ1) is 9.50. The fourth-order valence-electron chi connectivity index (χ4n) is 1.95. The molecule has 2 bridgehead atoms. The van der Waals surface area contributed by atoms with Crippen molar-refractivity contribution in [3.05, 3.63) is 10.1 Å². The molecule has 0 saturated carbocycles. The molecule has 2 nitrogen and oxygen atoms in total. The third kappa shape index (κ3) is 1.09. The normalized spacial score (nSPS) is 44.5. The lowest BCUT2D eigenvalue weighted by molar-refractivity contribution is -0.143. The van der Waals surface area contributed by atoms with Crippen LogP contribution in [-0.4, -0.2) is 17.0 Å². The lowest BCUT2D eigenvalue weighted by Gasteiger charge is -2.34. The van der Waals surface area contributed by atoms with Gasteiger partial charge in [0.1, 0.15) is 16.2 Å². The molecule has 13 heavy (non-hydrogen) atoms. The zero-order chi connectivity index (χ0) is 9.85. The van der Waals surface area contributed by atoms with Crippen LogP contribution in [0.3, 0.4) is 0 Å². The summed E-state index contributed by atoms with van der Waals surface area (Å²) >= 11 is 11.8. The Labute approximate surface area is 86.8 Å². The predicted molar refractivity (Wildman–Crippen MR) is 50.9 cm³/mol. The van der Waals surface area contributed by atoms with E-state index in [4.69, 9.17) is 27.9 Å². The van der Waals surface area contributed by atoms with Crippen molar-refractivity contribution in [2.45, 2.75) is 37.9 Å². The number of rotatable bonds is 0. The molecule has 0 aromatic rings. The molecule has 1 fully saturated rings. The van der Waals surface area contributed by atoms with E-state index in [-0.39, 0.29) is 10.8 Å². The molecule has 2 atom stereocenters. The van der Waals surface area contributed by atoms with Crippen LogP contribution < -0.4 is 0 Å². The molecule has 0 aromatic heterocycles. The number of halogens is 2. The second kappa shape index (κ2) is 2.50. The summed E-state index contributed by atoms with van der Waals surface area (Å²) in [5.74, 6) is -0.186. The standard InChI is InChI=1S/C9H10Cl2O2/c1-8-3-4-9(2,13-8)7(12)5(10)6(8)11/h3-4H2,1-2H3. The third-order valence-corrected chi connectivity index (χ3v) is 3.91. The smallest absolute Gasteiger partial charge is 0.206 e. The van der Waals surface area contributed by atoms with Gasteiger partial charge in [-0.3, -0.25) is 4.79 Å². The molecular formula is C9H10Cl2O2. The van der Waals surface area contributed by atoms with E-state index in [0.717, 1.165) is 6.42 Å². The quantitative estimate of drug-likeness (QED) is 0.628. The first-order chi connectivity index (χ1) is 5.89. The second-order valence-corrected chi connectivity index (χ2v) is 4.78. The summed E-state index contributed by atoms with van der Waals surface area (Å²) in [4.78, 5) is 11.7. The Balaban J connectivity index is 2.58. The SMILES string of the molecule is CC12CCC(C)(O1)C(Cl)=C(Cl)C2=O. The molecule has 0 aliphatic carbocycles. The highest BCUT2D eigenvalue weighted by molar-refractivity contribution is 6.50. The minimum atomic E-state index is -0.746. The molecular weight excluding hydrogens is 211 g/mol. The first-order valence-electron chi connectivity index (χ1n) is 4.20. The van der Waals surface area contributed by atoms with Crippen molar-refractivity contribution < 1.29 is 9.53 Å². The van der Waals surface area contributed by atoms with Gasteiger partial charge in [0.15, 0.2) is 0 Å². The van der Waals surface area contributed by atoms with Crippen LogP contribution in [0.2, 0.25) is 0 Å². The van der Waals surface area contributed by atoms with E-state index in [1.807, 2.05) is 6.92 Å². The van der Waals surface area contributed by atoms with E-state index < -0.39 is 11.2 Å². The molecule has 2 unspecified atom stereocenters. The van der Waals surface area contributed by atoms with Gasteiger partial charge >= 0.3 is 0 Å². The van der Waals surface area contributed by atoms with Crippen molar-refractivity contribution in [2.75, 3.05) is 0 Å². The van der Waals surface area contributed by atoms with Gasteiger partial charge in [-0.25, -0.2) is 0 Å². The Morgan fingerprint density at radius 1 is 1.23 bits per heavy atom. The summed E-state index contributed by atoms with van der Waals surface area (Å²) in [5.41, 5.74) is -1.29. The molecule has 2 heterocycles. The highest BCUT2D eigenvalue weighted by Gasteiger charge is 2.55. The Bertz CT molecular complexity index is 324. The maximum Gasteiger partial charge on any atom is 0.206 e. The van der Waals surface area contributed by atoms with Gasteiger partial charge in [-0.15, -0.1) is 0 Å². The summed E-state index contributed by atoms with van der Waals surface area (Å²) in [7, 11) is 0. The summed E-state index contributed by atoms with van der Waals surface area (Å²) < 4.78 is 5.64. The highest BCUT2D eigenvalue weighted by Crippen LogP contribution is 2.50. The van der Waals surface area contributed by atoms with Crippen molar-refractivity contribution in [1.82, 2.24) is 0 Å². The molecule has 0 spiro atoms. The van der Waals surface area contributed by atoms with Crippen LogP contribution in [0.4, 0.5) is 0 Å². The van der Waals surface area contributed by atoms with E-state index >= 15 is 0 Å². The fourth-order valence-corrected chi connectivity index (χ4v) is 2.57.